The summed E-state index contributed by atoms with van der Waals surface area (Å²) >= 11 is 3.40. The number of hydrogen-bond donors (Lipinski definition) is 1. The first-order chi connectivity index (χ1) is 7.05. The molecular weight excluding hydrogens is 314 g/mol. The van der Waals surface area contributed by atoms with E-state index in [1.54, 1.807) is 0 Å². The van der Waals surface area contributed by atoms with Gasteiger partial charge in [0.2, 0.25) is 0 Å². The Morgan fingerprint density at radius 3 is 2.69 bits per heavy atom. The van der Waals surface area contributed by atoms with Crippen molar-refractivity contribution in [2.45, 2.75) is 12.5 Å². The van der Waals surface area contributed by atoms with Crippen LogP contribution in [-0.4, -0.2) is 26.0 Å². The lowest BCUT2D eigenvalue weighted by Crippen LogP contribution is -3.00. The van der Waals surface area contributed by atoms with Crippen molar-refractivity contribution in [3.63, 3.8) is 0 Å². The van der Waals surface area contributed by atoms with Gasteiger partial charge < -0.3 is 17.7 Å². The van der Waals surface area contributed by atoms with Crippen molar-refractivity contribution in [3.8, 4) is 0 Å². The minimum absolute atomic E-state index is 0. The van der Waals surface area contributed by atoms with Gasteiger partial charge in [0.1, 0.15) is 17.5 Å². The lowest BCUT2D eigenvalue weighted by atomic mass is 10.2. The molecule has 6 heteroatoms. The fourth-order valence-electron chi connectivity index (χ4n) is 1.84. The number of hydrogen-bond acceptors (Lipinski definition) is 2. The summed E-state index contributed by atoms with van der Waals surface area (Å²) in [6.07, 6.45) is 0.759. The number of quaternary nitrogens is 1. The fraction of sp³-hybridized carbons (Fsp3) is 0.400. The van der Waals surface area contributed by atoms with E-state index in [9.17, 15) is 8.42 Å². The van der Waals surface area contributed by atoms with Gasteiger partial charge in [-0.05, 0) is 12.1 Å². The molecule has 16 heavy (non-hydrogen) atoms. The molecule has 1 unspecified atom stereocenters. The van der Waals surface area contributed by atoms with Gasteiger partial charge in [0.15, 0.2) is 9.84 Å². The average Bonchev–Trinajstić information content (AvgIpc) is 2.45. The molecule has 1 aliphatic heterocycles. The molecule has 2 N–H and O–H groups in total. The summed E-state index contributed by atoms with van der Waals surface area (Å²) in [6, 6.07) is 8.10. The monoisotopic (exact) mass is 325 g/mol. The minimum Gasteiger partial charge on any atom is -1.00 e. The highest BCUT2D eigenvalue weighted by Crippen LogP contribution is 2.14. The predicted octanol–water partition coefficient (Wildman–Crippen LogP) is -2.16. The molecule has 1 aromatic rings. The molecule has 0 spiro atoms. The van der Waals surface area contributed by atoms with Crippen LogP contribution in [0.2, 0.25) is 0 Å². The van der Waals surface area contributed by atoms with Crippen molar-refractivity contribution in [3.05, 3.63) is 28.7 Å². The maximum atomic E-state index is 11.3. The van der Waals surface area contributed by atoms with Gasteiger partial charge in [-0.25, -0.2) is 8.42 Å². The summed E-state index contributed by atoms with van der Waals surface area (Å²) in [4.78, 5) is 0. The molecule has 0 amide bonds. The van der Waals surface area contributed by atoms with Crippen molar-refractivity contribution in [1.29, 1.82) is 0 Å². The standard InChI is InChI=1S/C10H12BrNO2S.ClH/c11-8-2-1-3-9(6-8)12-10-4-5-15(13,14)7-10;/h1-3,6,10,12H,4-5,7H2;1H. The highest BCUT2D eigenvalue weighted by molar-refractivity contribution is 9.10. The van der Waals surface area contributed by atoms with Gasteiger partial charge in [0.25, 0.3) is 0 Å². The van der Waals surface area contributed by atoms with Crippen LogP contribution in [0, 0.1) is 0 Å². The van der Waals surface area contributed by atoms with Gasteiger partial charge in [-0.3, -0.25) is 0 Å². The largest absolute Gasteiger partial charge is 1.00 e. The molecule has 2 rings (SSSR count). The molecule has 0 aliphatic carbocycles. The van der Waals surface area contributed by atoms with E-state index >= 15 is 0 Å². The third-order valence-electron chi connectivity index (χ3n) is 2.54. The summed E-state index contributed by atoms with van der Waals surface area (Å²) in [5, 5.41) is 2.05. The normalized spacial score (nSPS) is 22.7. The van der Waals surface area contributed by atoms with Crippen molar-refractivity contribution < 1.29 is 26.1 Å². The lowest BCUT2D eigenvalue weighted by Gasteiger charge is -2.06. The van der Waals surface area contributed by atoms with Crippen LogP contribution in [0.1, 0.15) is 6.42 Å². The number of rotatable bonds is 2. The summed E-state index contributed by atoms with van der Waals surface area (Å²) in [5.74, 6) is 0.641. The summed E-state index contributed by atoms with van der Waals surface area (Å²) in [5.41, 5.74) is 1.09. The summed E-state index contributed by atoms with van der Waals surface area (Å²) in [7, 11) is -2.77. The lowest BCUT2D eigenvalue weighted by molar-refractivity contribution is -0.605. The number of nitrogens with two attached hydrogens (primary N) is 1. The molecule has 0 saturated carbocycles. The van der Waals surface area contributed by atoms with E-state index in [0.29, 0.717) is 11.5 Å². The number of benzene rings is 1. The number of sulfone groups is 1. The third kappa shape index (κ3) is 3.73. The van der Waals surface area contributed by atoms with E-state index < -0.39 is 9.84 Å². The molecule has 0 bridgehead atoms. The molecule has 0 radical (unpaired) electrons. The topological polar surface area (TPSA) is 50.8 Å². The Morgan fingerprint density at radius 2 is 2.12 bits per heavy atom. The van der Waals surface area contributed by atoms with Crippen LogP contribution in [0.15, 0.2) is 28.7 Å². The second-order valence-corrected chi connectivity index (χ2v) is 7.03. The molecule has 1 heterocycles. The molecule has 3 nitrogen and oxygen atoms in total. The zero-order valence-electron chi connectivity index (χ0n) is 8.57. The molecule has 1 fully saturated rings. The second kappa shape index (κ2) is 5.49. The molecule has 0 aromatic heterocycles. The van der Waals surface area contributed by atoms with E-state index in [1.807, 2.05) is 24.3 Å². The van der Waals surface area contributed by atoms with Crippen molar-refractivity contribution in [1.82, 2.24) is 0 Å². The molecular formula is C10H13BrClNO2S. The Labute approximate surface area is 110 Å². The Bertz CT molecular complexity index is 464. The highest BCUT2D eigenvalue weighted by Gasteiger charge is 2.30. The Hall–Kier alpha value is -0.100. The van der Waals surface area contributed by atoms with E-state index in [1.165, 1.54) is 0 Å². The van der Waals surface area contributed by atoms with Crippen molar-refractivity contribution >= 4 is 31.5 Å². The fourth-order valence-corrected chi connectivity index (χ4v) is 4.00. The van der Waals surface area contributed by atoms with E-state index in [2.05, 4.69) is 21.2 Å². The minimum atomic E-state index is -2.77. The van der Waals surface area contributed by atoms with Crippen LogP contribution in [0.4, 0.5) is 5.69 Å². The summed E-state index contributed by atoms with van der Waals surface area (Å²) < 4.78 is 23.6. The average molecular weight is 327 g/mol. The van der Waals surface area contributed by atoms with E-state index in [-0.39, 0.29) is 18.4 Å². The van der Waals surface area contributed by atoms with Gasteiger partial charge in [-0.1, -0.05) is 22.0 Å². The number of halogens is 2. The molecule has 90 valence electrons. The maximum Gasteiger partial charge on any atom is 0.156 e. The summed E-state index contributed by atoms with van der Waals surface area (Å²) in [6.45, 7) is 0. The van der Waals surface area contributed by atoms with Crippen molar-refractivity contribution in [2.75, 3.05) is 11.5 Å². The van der Waals surface area contributed by atoms with Crippen LogP contribution >= 0.6 is 15.9 Å². The third-order valence-corrected chi connectivity index (χ3v) is 4.83. The first kappa shape index (κ1) is 14.0. The van der Waals surface area contributed by atoms with Gasteiger partial charge >= 0.3 is 0 Å². The van der Waals surface area contributed by atoms with Gasteiger partial charge in [-0.2, -0.15) is 0 Å². The van der Waals surface area contributed by atoms with Crippen LogP contribution in [0.25, 0.3) is 0 Å². The molecule has 1 aliphatic rings. The first-order valence-electron chi connectivity index (χ1n) is 4.86. The predicted molar refractivity (Wildman–Crippen MR) is 62.8 cm³/mol. The smallest absolute Gasteiger partial charge is 0.156 e. The second-order valence-electron chi connectivity index (χ2n) is 3.88. The highest BCUT2D eigenvalue weighted by atomic mass is 79.9. The van der Waals surface area contributed by atoms with Crippen LogP contribution in [0.3, 0.4) is 0 Å². The zero-order valence-corrected chi connectivity index (χ0v) is 11.7. The maximum absolute atomic E-state index is 11.3. The molecule has 1 aromatic carbocycles. The molecule has 1 saturated heterocycles. The van der Waals surface area contributed by atoms with Gasteiger partial charge in [0, 0.05) is 17.0 Å². The Balaban J connectivity index is 0.00000128. The van der Waals surface area contributed by atoms with Crippen molar-refractivity contribution in [2.24, 2.45) is 0 Å². The van der Waals surface area contributed by atoms with Crippen LogP contribution in [-0.2, 0) is 9.84 Å². The van der Waals surface area contributed by atoms with E-state index in [0.717, 1.165) is 16.6 Å². The molecule has 1 atom stereocenters. The van der Waals surface area contributed by atoms with Gasteiger partial charge in [-0.15, -0.1) is 0 Å². The Morgan fingerprint density at radius 1 is 1.38 bits per heavy atom. The quantitative estimate of drug-likeness (QED) is 0.629. The van der Waals surface area contributed by atoms with Crippen LogP contribution < -0.4 is 17.7 Å². The van der Waals surface area contributed by atoms with E-state index in [4.69, 9.17) is 0 Å². The van der Waals surface area contributed by atoms with Crippen LogP contribution in [0.5, 0.6) is 0 Å². The van der Waals surface area contributed by atoms with Gasteiger partial charge in [0.05, 0.1) is 5.75 Å². The first-order valence-corrected chi connectivity index (χ1v) is 7.47. The zero-order chi connectivity index (χ0) is 10.9. The SMILES string of the molecule is O=S1(=O)CCC([NH2+]c2cccc(Br)c2)C1.[Cl-]. The Kier molecular flexibility index (Phi) is 4.79.